The van der Waals surface area contributed by atoms with E-state index in [0.717, 1.165) is 10.8 Å². The van der Waals surface area contributed by atoms with Crippen LogP contribution >= 0.6 is 0 Å². The van der Waals surface area contributed by atoms with Crippen LogP contribution in [0, 0.1) is 0 Å². The van der Waals surface area contributed by atoms with Crippen molar-refractivity contribution >= 4 is 16.7 Å². The number of rotatable bonds is 6. The third kappa shape index (κ3) is 3.71. The number of carbonyl (C=O) groups excluding carboxylic acids is 1. The Labute approximate surface area is 169 Å². The maximum Gasteiger partial charge on any atom is 0.255 e. The Kier molecular flexibility index (Phi) is 5.03. The summed E-state index contributed by atoms with van der Waals surface area (Å²) in [6, 6.07) is 16.6. The van der Waals surface area contributed by atoms with E-state index in [4.69, 9.17) is 14.2 Å². The number of benzene rings is 3. The molecule has 0 bridgehead atoms. The molecule has 1 unspecified atom stereocenters. The molecule has 0 saturated heterocycles. The van der Waals surface area contributed by atoms with Crippen LogP contribution in [0.15, 0.2) is 54.6 Å². The van der Waals surface area contributed by atoms with E-state index in [1.807, 2.05) is 37.3 Å². The van der Waals surface area contributed by atoms with Crippen LogP contribution < -0.4 is 19.5 Å². The third-order valence-electron chi connectivity index (χ3n) is 5.01. The van der Waals surface area contributed by atoms with Gasteiger partial charge in [0.15, 0.2) is 11.5 Å². The van der Waals surface area contributed by atoms with Gasteiger partial charge in [0.2, 0.25) is 6.79 Å². The van der Waals surface area contributed by atoms with E-state index in [2.05, 4.69) is 5.32 Å². The predicted octanol–water partition coefficient (Wildman–Crippen LogP) is 3.60. The largest absolute Gasteiger partial charge is 0.493 e. The SMILES string of the molecule is CCOc1ccc2ccccc2c1C(=O)NCC(C)(O)c1ccc2c(c1)OCO2. The topological polar surface area (TPSA) is 77.0 Å². The number of amides is 1. The van der Waals surface area contributed by atoms with Crippen molar-refractivity contribution in [3.8, 4) is 17.2 Å². The van der Waals surface area contributed by atoms with Gasteiger partial charge >= 0.3 is 0 Å². The molecule has 4 rings (SSSR count). The zero-order chi connectivity index (χ0) is 20.4. The molecule has 3 aromatic carbocycles. The lowest BCUT2D eigenvalue weighted by molar-refractivity contribution is 0.0524. The molecule has 1 aliphatic rings. The average molecular weight is 393 g/mol. The van der Waals surface area contributed by atoms with Gasteiger partial charge in [-0.3, -0.25) is 4.79 Å². The molecule has 6 nitrogen and oxygen atoms in total. The molecule has 0 aliphatic carbocycles. The van der Waals surface area contributed by atoms with Crippen molar-refractivity contribution in [3.63, 3.8) is 0 Å². The summed E-state index contributed by atoms with van der Waals surface area (Å²) >= 11 is 0. The molecule has 1 aliphatic heterocycles. The number of carbonyl (C=O) groups is 1. The zero-order valence-corrected chi connectivity index (χ0v) is 16.4. The minimum absolute atomic E-state index is 0.0280. The van der Waals surface area contributed by atoms with Crippen LogP contribution in [0.1, 0.15) is 29.8 Å². The number of fused-ring (bicyclic) bond motifs is 2. The van der Waals surface area contributed by atoms with E-state index in [1.165, 1.54) is 0 Å². The van der Waals surface area contributed by atoms with Gasteiger partial charge in [-0.15, -0.1) is 0 Å². The van der Waals surface area contributed by atoms with Gasteiger partial charge in [0, 0.05) is 0 Å². The Balaban J connectivity index is 1.59. The van der Waals surface area contributed by atoms with Crippen LogP contribution in [-0.4, -0.2) is 31.0 Å². The fraction of sp³-hybridized carbons (Fsp3) is 0.261. The molecule has 29 heavy (non-hydrogen) atoms. The number of ether oxygens (including phenoxy) is 3. The second-order valence-corrected chi connectivity index (χ2v) is 7.12. The van der Waals surface area contributed by atoms with Crippen LogP contribution in [0.2, 0.25) is 0 Å². The van der Waals surface area contributed by atoms with Gasteiger partial charge in [-0.1, -0.05) is 36.4 Å². The van der Waals surface area contributed by atoms with Gasteiger partial charge in [0.25, 0.3) is 5.91 Å². The lowest BCUT2D eigenvalue weighted by Gasteiger charge is -2.25. The molecule has 0 spiro atoms. The molecule has 1 amide bonds. The summed E-state index contributed by atoms with van der Waals surface area (Å²) in [7, 11) is 0. The summed E-state index contributed by atoms with van der Waals surface area (Å²) in [4.78, 5) is 13.1. The van der Waals surface area contributed by atoms with Crippen LogP contribution in [0.25, 0.3) is 10.8 Å². The Morgan fingerprint density at radius 3 is 2.76 bits per heavy atom. The van der Waals surface area contributed by atoms with Crippen LogP contribution in [0.3, 0.4) is 0 Å². The molecule has 0 aromatic heterocycles. The zero-order valence-electron chi connectivity index (χ0n) is 16.4. The van der Waals surface area contributed by atoms with Crippen molar-refractivity contribution in [1.82, 2.24) is 5.32 Å². The van der Waals surface area contributed by atoms with E-state index in [9.17, 15) is 9.90 Å². The van der Waals surface area contributed by atoms with E-state index in [-0.39, 0.29) is 19.2 Å². The smallest absolute Gasteiger partial charge is 0.255 e. The number of hydrogen-bond acceptors (Lipinski definition) is 5. The lowest BCUT2D eigenvalue weighted by atomic mass is 9.95. The highest BCUT2D eigenvalue weighted by atomic mass is 16.7. The molecule has 1 heterocycles. The molecule has 0 fully saturated rings. The van der Waals surface area contributed by atoms with Crippen molar-refractivity contribution in [3.05, 3.63) is 65.7 Å². The Morgan fingerprint density at radius 1 is 1.14 bits per heavy atom. The summed E-state index contributed by atoms with van der Waals surface area (Å²) < 4.78 is 16.4. The summed E-state index contributed by atoms with van der Waals surface area (Å²) in [6.07, 6.45) is 0. The van der Waals surface area contributed by atoms with Crippen molar-refractivity contribution in [2.24, 2.45) is 0 Å². The average Bonchev–Trinajstić information content (AvgIpc) is 3.20. The van der Waals surface area contributed by atoms with E-state index >= 15 is 0 Å². The Hall–Kier alpha value is -3.25. The maximum atomic E-state index is 13.1. The van der Waals surface area contributed by atoms with Gasteiger partial charge in [0.1, 0.15) is 11.4 Å². The van der Waals surface area contributed by atoms with E-state index < -0.39 is 5.60 Å². The van der Waals surface area contributed by atoms with Gasteiger partial charge in [-0.05, 0) is 48.4 Å². The molecule has 150 valence electrons. The van der Waals surface area contributed by atoms with Crippen LogP contribution in [0.5, 0.6) is 17.2 Å². The van der Waals surface area contributed by atoms with E-state index in [0.29, 0.717) is 35.0 Å². The maximum absolute atomic E-state index is 13.1. The molecule has 6 heteroatoms. The van der Waals surface area contributed by atoms with Gasteiger partial charge in [-0.2, -0.15) is 0 Å². The molecule has 0 radical (unpaired) electrons. The van der Waals surface area contributed by atoms with Crippen molar-refractivity contribution in [2.45, 2.75) is 19.4 Å². The Morgan fingerprint density at radius 2 is 1.93 bits per heavy atom. The lowest BCUT2D eigenvalue weighted by Crippen LogP contribution is -2.38. The minimum Gasteiger partial charge on any atom is -0.493 e. The second-order valence-electron chi connectivity index (χ2n) is 7.12. The van der Waals surface area contributed by atoms with Crippen molar-refractivity contribution in [1.29, 1.82) is 0 Å². The number of hydrogen-bond donors (Lipinski definition) is 2. The van der Waals surface area contributed by atoms with Gasteiger partial charge in [0.05, 0.1) is 18.7 Å². The third-order valence-corrected chi connectivity index (χ3v) is 5.01. The Bertz CT molecular complexity index is 1060. The van der Waals surface area contributed by atoms with Gasteiger partial charge in [-0.25, -0.2) is 0 Å². The molecular formula is C23H23NO5. The standard InChI is InChI=1S/C23H23NO5/c1-3-27-19-10-8-15-6-4-5-7-17(15)21(19)22(25)24-13-23(2,26)16-9-11-18-20(12-16)29-14-28-18/h4-12,26H,3,13-14H2,1-2H3,(H,24,25). The first-order chi connectivity index (χ1) is 14.0. The highest BCUT2D eigenvalue weighted by molar-refractivity contribution is 6.09. The molecule has 1 atom stereocenters. The number of aliphatic hydroxyl groups is 1. The first-order valence-corrected chi connectivity index (χ1v) is 9.55. The normalized spacial score (nSPS) is 14.4. The van der Waals surface area contributed by atoms with Crippen molar-refractivity contribution < 1.29 is 24.1 Å². The van der Waals surface area contributed by atoms with Crippen molar-refractivity contribution in [2.75, 3.05) is 19.9 Å². The fourth-order valence-electron chi connectivity index (χ4n) is 3.44. The highest BCUT2D eigenvalue weighted by Gasteiger charge is 2.27. The molecule has 2 N–H and O–H groups in total. The summed E-state index contributed by atoms with van der Waals surface area (Å²) in [5.41, 5.74) is -0.191. The number of nitrogens with one attached hydrogen (secondary N) is 1. The first-order valence-electron chi connectivity index (χ1n) is 9.55. The monoisotopic (exact) mass is 393 g/mol. The molecular weight excluding hydrogens is 370 g/mol. The summed E-state index contributed by atoms with van der Waals surface area (Å²) in [6.45, 7) is 4.17. The van der Waals surface area contributed by atoms with Crippen LogP contribution in [-0.2, 0) is 5.60 Å². The van der Waals surface area contributed by atoms with Gasteiger partial charge < -0.3 is 24.6 Å². The van der Waals surface area contributed by atoms with E-state index in [1.54, 1.807) is 31.2 Å². The first kappa shape index (κ1) is 19.1. The van der Waals surface area contributed by atoms with Crippen LogP contribution in [0.4, 0.5) is 0 Å². The fourth-order valence-corrected chi connectivity index (χ4v) is 3.44. The molecule has 0 saturated carbocycles. The second kappa shape index (κ2) is 7.64. The minimum atomic E-state index is -1.28. The quantitative estimate of drug-likeness (QED) is 0.669. The molecule has 3 aromatic rings. The summed E-state index contributed by atoms with van der Waals surface area (Å²) in [5.74, 6) is 1.45. The highest BCUT2D eigenvalue weighted by Crippen LogP contribution is 2.35. The predicted molar refractivity (Wildman–Crippen MR) is 110 cm³/mol. The summed E-state index contributed by atoms with van der Waals surface area (Å²) in [5, 5.41) is 15.6.